The smallest absolute Gasteiger partial charge is 0.325 e. The lowest BCUT2D eigenvalue weighted by Crippen LogP contribution is -2.59. The highest BCUT2D eigenvalue weighted by molar-refractivity contribution is 5.92. The number of hydrogen-bond donors (Lipinski definition) is 4. The van der Waals surface area contributed by atoms with Crippen LogP contribution in [0.2, 0.25) is 0 Å². The van der Waals surface area contributed by atoms with Gasteiger partial charge in [0.25, 0.3) is 0 Å². The van der Waals surface area contributed by atoms with Gasteiger partial charge < -0.3 is 31.2 Å². The van der Waals surface area contributed by atoms with Crippen LogP contribution in [0.25, 0.3) is 0 Å². The number of ether oxygens (including phenoxy) is 2. The minimum atomic E-state index is -0.944. The summed E-state index contributed by atoms with van der Waals surface area (Å²) in [5.74, 6) is -1.78. The molecular formula is C35H57N5O7. The van der Waals surface area contributed by atoms with Gasteiger partial charge in [-0.25, -0.2) is 0 Å². The minimum absolute atomic E-state index is 0.167. The Morgan fingerprint density at radius 1 is 0.957 bits per heavy atom. The largest absolute Gasteiger partial charge is 0.426 e. The third-order valence-electron chi connectivity index (χ3n) is 8.52. The Kier molecular flexibility index (Phi) is 15.8. The Hall–Kier alpha value is -3.51. The Labute approximate surface area is 280 Å². The molecule has 2 rings (SSSR count). The standard InChI is InChI=1S/C35H57N5O7/c1-8-10-11-12-28(41)37-27(21-25-13-15-26(16-14-25)47-29(42)22-40-17-19-46-20-18-40)31(43)38-30(24(3)9-2)32(44)39-35(6,7)23-34(4,5)33(36)45/h13-16,24,27,30H,8-12,17-23H2,1-7H3,(H2,36,45)(H,37,41)(H,38,43)(H,39,44). The molecule has 0 saturated carbocycles. The molecule has 1 fully saturated rings. The van der Waals surface area contributed by atoms with E-state index in [9.17, 15) is 24.0 Å². The van der Waals surface area contributed by atoms with Crippen LogP contribution < -0.4 is 26.4 Å². The highest BCUT2D eigenvalue weighted by atomic mass is 16.5. The van der Waals surface area contributed by atoms with E-state index in [0.717, 1.165) is 18.4 Å². The van der Waals surface area contributed by atoms with Crippen LogP contribution in [0.5, 0.6) is 5.75 Å². The molecule has 0 aromatic heterocycles. The van der Waals surface area contributed by atoms with Gasteiger partial charge in [0.05, 0.1) is 19.8 Å². The van der Waals surface area contributed by atoms with Crippen molar-refractivity contribution in [3.8, 4) is 5.75 Å². The summed E-state index contributed by atoms with van der Waals surface area (Å²) in [6.45, 7) is 15.6. The monoisotopic (exact) mass is 659 g/mol. The summed E-state index contributed by atoms with van der Waals surface area (Å²) in [6, 6.07) is 5.01. The molecule has 1 aliphatic rings. The average Bonchev–Trinajstić information content (AvgIpc) is 2.99. The molecule has 47 heavy (non-hydrogen) atoms. The second kappa shape index (κ2) is 18.7. The van der Waals surface area contributed by atoms with Crippen LogP contribution in [0.15, 0.2) is 24.3 Å². The third-order valence-corrected chi connectivity index (χ3v) is 8.52. The Bertz CT molecular complexity index is 1200. The summed E-state index contributed by atoms with van der Waals surface area (Å²) in [5, 5.41) is 8.78. The van der Waals surface area contributed by atoms with E-state index in [-0.39, 0.29) is 43.1 Å². The van der Waals surface area contributed by atoms with E-state index in [2.05, 4.69) is 16.0 Å². The SMILES string of the molecule is CCCCCC(=O)NC(Cc1ccc(OC(=O)CN2CCOCC2)cc1)C(=O)NC(C(=O)NC(C)(C)CC(C)(C)C(N)=O)C(C)CC. The molecule has 0 aliphatic carbocycles. The van der Waals surface area contributed by atoms with Crippen LogP contribution in [0.4, 0.5) is 0 Å². The van der Waals surface area contributed by atoms with Gasteiger partial charge in [-0.3, -0.25) is 28.9 Å². The molecule has 5 N–H and O–H groups in total. The Morgan fingerprint density at radius 2 is 1.60 bits per heavy atom. The maximum atomic E-state index is 13.8. The number of carbonyl (C=O) groups excluding carboxylic acids is 5. The first-order valence-corrected chi connectivity index (χ1v) is 16.9. The van der Waals surface area contributed by atoms with Crippen molar-refractivity contribution < 1.29 is 33.4 Å². The van der Waals surface area contributed by atoms with Gasteiger partial charge in [-0.05, 0) is 50.3 Å². The van der Waals surface area contributed by atoms with Crippen LogP contribution in [0.3, 0.4) is 0 Å². The maximum Gasteiger partial charge on any atom is 0.325 e. The normalized spacial score (nSPS) is 16.0. The molecule has 12 heteroatoms. The highest BCUT2D eigenvalue weighted by Crippen LogP contribution is 2.28. The number of unbranched alkanes of at least 4 members (excludes halogenated alkanes) is 2. The lowest BCUT2D eigenvalue weighted by atomic mass is 9.79. The van der Waals surface area contributed by atoms with Crippen molar-refractivity contribution in [2.45, 2.75) is 111 Å². The van der Waals surface area contributed by atoms with E-state index in [0.29, 0.717) is 51.3 Å². The van der Waals surface area contributed by atoms with Gasteiger partial charge in [0, 0.05) is 36.9 Å². The van der Waals surface area contributed by atoms with Crippen molar-refractivity contribution in [3.63, 3.8) is 0 Å². The number of nitrogens with one attached hydrogen (secondary N) is 3. The summed E-state index contributed by atoms with van der Waals surface area (Å²) in [7, 11) is 0. The first kappa shape index (κ1) is 39.7. The Balaban J connectivity index is 2.18. The van der Waals surface area contributed by atoms with Gasteiger partial charge in [-0.2, -0.15) is 0 Å². The second-order valence-electron chi connectivity index (χ2n) is 14.0. The summed E-state index contributed by atoms with van der Waals surface area (Å²) in [6.07, 6.45) is 3.93. The molecule has 1 aromatic carbocycles. The van der Waals surface area contributed by atoms with Gasteiger partial charge in [0.15, 0.2) is 0 Å². The van der Waals surface area contributed by atoms with Gasteiger partial charge in [-0.15, -0.1) is 0 Å². The molecule has 1 aliphatic heterocycles. The fourth-order valence-electron chi connectivity index (χ4n) is 5.65. The summed E-state index contributed by atoms with van der Waals surface area (Å²) >= 11 is 0. The maximum absolute atomic E-state index is 13.8. The summed E-state index contributed by atoms with van der Waals surface area (Å²) in [5.41, 5.74) is 4.68. The van der Waals surface area contributed by atoms with E-state index in [4.69, 9.17) is 15.2 Å². The van der Waals surface area contributed by atoms with Gasteiger partial charge in [-0.1, -0.05) is 66.0 Å². The van der Waals surface area contributed by atoms with Crippen molar-refractivity contribution in [2.75, 3.05) is 32.8 Å². The summed E-state index contributed by atoms with van der Waals surface area (Å²) < 4.78 is 10.8. The predicted molar refractivity (Wildman–Crippen MR) is 180 cm³/mol. The zero-order valence-corrected chi connectivity index (χ0v) is 29.4. The van der Waals surface area contributed by atoms with E-state index in [1.54, 1.807) is 38.1 Å². The number of rotatable bonds is 19. The van der Waals surface area contributed by atoms with Crippen LogP contribution in [-0.2, 0) is 35.1 Å². The van der Waals surface area contributed by atoms with Crippen LogP contribution in [0.1, 0.15) is 92.6 Å². The van der Waals surface area contributed by atoms with Gasteiger partial charge >= 0.3 is 5.97 Å². The zero-order chi connectivity index (χ0) is 35.2. The quantitative estimate of drug-likeness (QED) is 0.0999. The fraction of sp³-hybridized carbons (Fsp3) is 0.686. The summed E-state index contributed by atoms with van der Waals surface area (Å²) in [4.78, 5) is 66.6. The first-order chi connectivity index (χ1) is 22.1. The molecule has 0 bridgehead atoms. The van der Waals surface area contributed by atoms with Crippen molar-refractivity contribution >= 4 is 29.6 Å². The predicted octanol–water partition coefficient (Wildman–Crippen LogP) is 2.86. The number of amides is 4. The molecule has 1 aromatic rings. The number of esters is 1. The van der Waals surface area contributed by atoms with E-state index < -0.39 is 34.9 Å². The van der Waals surface area contributed by atoms with Crippen molar-refractivity contribution in [1.82, 2.24) is 20.9 Å². The number of carbonyl (C=O) groups is 5. The average molecular weight is 660 g/mol. The van der Waals surface area contributed by atoms with Crippen molar-refractivity contribution in [2.24, 2.45) is 17.1 Å². The number of morpholine rings is 1. The molecule has 1 heterocycles. The fourth-order valence-corrected chi connectivity index (χ4v) is 5.65. The Morgan fingerprint density at radius 3 is 2.17 bits per heavy atom. The number of hydrogen-bond acceptors (Lipinski definition) is 8. The molecule has 0 radical (unpaired) electrons. The molecule has 3 unspecified atom stereocenters. The van der Waals surface area contributed by atoms with E-state index in [1.807, 2.05) is 39.5 Å². The molecular weight excluding hydrogens is 602 g/mol. The lowest BCUT2D eigenvalue weighted by molar-refractivity contribution is -0.136. The number of nitrogens with two attached hydrogens (primary N) is 1. The van der Waals surface area contributed by atoms with Gasteiger partial charge in [0.1, 0.15) is 17.8 Å². The molecule has 3 atom stereocenters. The van der Waals surface area contributed by atoms with Crippen LogP contribution >= 0.6 is 0 Å². The second-order valence-corrected chi connectivity index (χ2v) is 14.0. The van der Waals surface area contributed by atoms with E-state index in [1.165, 1.54) is 0 Å². The van der Waals surface area contributed by atoms with Gasteiger partial charge in [0.2, 0.25) is 23.6 Å². The lowest BCUT2D eigenvalue weighted by Gasteiger charge is -2.36. The third kappa shape index (κ3) is 14.0. The number of primary amides is 1. The van der Waals surface area contributed by atoms with E-state index >= 15 is 0 Å². The number of benzene rings is 1. The van der Waals surface area contributed by atoms with Crippen LogP contribution in [0, 0.1) is 11.3 Å². The zero-order valence-electron chi connectivity index (χ0n) is 29.4. The first-order valence-electron chi connectivity index (χ1n) is 16.9. The minimum Gasteiger partial charge on any atom is -0.426 e. The van der Waals surface area contributed by atoms with Crippen molar-refractivity contribution in [3.05, 3.63) is 29.8 Å². The van der Waals surface area contributed by atoms with Crippen molar-refractivity contribution in [1.29, 1.82) is 0 Å². The highest BCUT2D eigenvalue weighted by Gasteiger charge is 2.37. The topological polar surface area (TPSA) is 169 Å². The molecule has 264 valence electrons. The number of nitrogens with zero attached hydrogens (tertiary/aromatic N) is 1. The molecule has 0 spiro atoms. The molecule has 12 nitrogen and oxygen atoms in total. The van der Waals surface area contributed by atoms with Crippen LogP contribution in [-0.4, -0.2) is 85.0 Å². The molecule has 4 amide bonds. The molecule has 1 saturated heterocycles.